The van der Waals surface area contributed by atoms with Crippen LogP contribution in [-0.4, -0.2) is 34.5 Å². The third-order valence-electron chi connectivity index (χ3n) is 2.35. The predicted octanol–water partition coefficient (Wildman–Crippen LogP) is 0.000700. The van der Waals surface area contributed by atoms with E-state index in [0.29, 0.717) is 6.42 Å². The van der Waals surface area contributed by atoms with E-state index in [0.717, 1.165) is 16.6 Å². The minimum absolute atomic E-state index is 0.416. The summed E-state index contributed by atoms with van der Waals surface area (Å²) in [5.74, 6) is -0.416. The summed E-state index contributed by atoms with van der Waals surface area (Å²) in [7, 11) is 1.32. The smallest absolute Gasteiger partial charge is 0.322 e. The molecule has 6 nitrogen and oxygen atoms in total. The number of aromatic nitrogens is 3. The van der Waals surface area contributed by atoms with Crippen LogP contribution in [0.15, 0.2) is 18.2 Å². The third-order valence-corrected chi connectivity index (χ3v) is 2.35. The minimum Gasteiger partial charge on any atom is -0.468 e. The van der Waals surface area contributed by atoms with E-state index in [1.165, 1.54) is 7.11 Å². The number of hydrogen-bond acceptors (Lipinski definition) is 5. The fourth-order valence-electron chi connectivity index (χ4n) is 1.50. The highest BCUT2D eigenvalue weighted by Gasteiger charge is 2.14. The van der Waals surface area contributed by atoms with Gasteiger partial charge in [0, 0.05) is 0 Å². The molecule has 1 aromatic carbocycles. The molecule has 0 amide bonds. The van der Waals surface area contributed by atoms with E-state index in [2.05, 4.69) is 20.1 Å². The lowest BCUT2D eigenvalue weighted by Crippen LogP contribution is -2.33. The summed E-state index contributed by atoms with van der Waals surface area (Å²) in [5.41, 5.74) is 8.21. The number of H-pyrrole nitrogens is 1. The second kappa shape index (κ2) is 4.28. The van der Waals surface area contributed by atoms with Gasteiger partial charge in [0.15, 0.2) is 0 Å². The fourth-order valence-corrected chi connectivity index (χ4v) is 1.50. The summed E-state index contributed by atoms with van der Waals surface area (Å²) < 4.78 is 4.56. The van der Waals surface area contributed by atoms with Crippen molar-refractivity contribution in [2.45, 2.75) is 12.5 Å². The summed E-state index contributed by atoms with van der Waals surface area (Å²) in [6.07, 6.45) is 0.426. The number of benzene rings is 1. The molecule has 0 fully saturated rings. The average Bonchev–Trinajstić information content (AvgIpc) is 2.75. The number of aromatic amines is 1. The van der Waals surface area contributed by atoms with Crippen LogP contribution in [0.4, 0.5) is 0 Å². The maximum atomic E-state index is 11.1. The largest absolute Gasteiger partial charge is 0.468 e. The Morgan fingerprint density at radius 2 is 2.44 bits per heavy atom. The van der Waals surface area contributed by atoms with E-state index < -0.39 is 12.0 Å². The van der Waals surface area contributed by atoms with Crippen LogP contribution in [0.2, 0.25) is 0 Å². The number of ether oxygens (including phenoxy) is 1. The molecule has 1 heterocycles. The van der Waals surface area contributed by atoms with Crippen molar-refractivity contribution >= 4 is 17.0 Å². The second-order valence-corrected chi connectivity index (χ2v) is 3.50. The Labute approximate surface area is 91.8 Å². The van der Waals surface area contributed by atoms with Crippen molar-refractivity contribution in [2.75, 3.05) is 7.11 Å². The van der Waals surface area contributed by atoms with Gasteiger partial charge in [-0.25, -0.2) is 0 Å². The van der Waals surface area contributed by atoms with Crippen LogP contribution in [0.1, 0.15) is 5.56 Å². The van der Waals surface area contributed by atoms with Gasteiger partial charge in [-0.2, -0.15) is 0 Å². The van der Waals surface area contributed by atoms with Crippen LogP contribution in [0, 0.1) is 0 Å². The van der Waals surface area contributed by atoms with Gasteiger partial charge in [0.2, 0.25) is 0 Å². The fraction of sp³-hybridized carbons (Fsp3) is 0.300. The number of esters is 1. The van der Waals surface area contributed by atoms with Crippen molar-refractivity contribution in [3.63, 3.8) is 0 Å². The number of carbonyl (C=O) groups excluding carboxylic acids is 1. The zero-order chi connectivity index (χ0) is 11.5. The van der Waals surface area contributed by atoms with Crippen LogP contribution in [0.5, 0.6) is 0 Å². The zero-order valence-electron chi connectivity index (χ0n) is 8.80. The van der Waals surface area contributed by atoms with Crippen molar-refractivity contribution in [3.8, 4) is 0 Å². The van der Waals surface area contributed by atoms with Crippen LogP contribution in [-0.2, 0) is 16.0 Å². The molecule has 0 aliphatic heterocycles. The Morgan fingerprint density at radius 1 is 1.62 bits per heavy atom. The Balaban J connectivity index is 2.17. The van der Waals surface area contributed by atoms with Crippen LogP contribution in [0.3, 0.4) is 0 Å². The summed E-state index contributed by atoms with van der Waals surface area (Å²) >= 11 is 0. The van der Waals surface area contributed by atoms with Gasteiger partial charge < -0.3 is 10.5 Å². The lowest BCUT2D eigenvalue weighted by Gasteiger charge is -2.08. The number of fused-ring (bicyclic) bond motifs is 1. The molecule has 0 aliphatic rings. The van der Waals surface area contributed by atoms with E-state index in [1.54, 1.807) is 0 Å². The molecule has 0 unspecified atom stereocenters. The molecule has 2 rings (SSSR count). The van der Waals surface area contributed by atoms with E-state index >= 15 is 0 Å². The highest BCUT2D eigenvalue weighted by molar-refractivity contribution is 5.77. The van der Waals surface area contributed by atoms with E-state index in [1.807, 2.05) is 18.2 Å². The molecule has 0 radical (unpaired) electrons. The van der Waals surface area contributed by atoms with Crippen molar-refractivity contribution in [2.24, 2.45) is 5.73 Å². The first-order valence-corrected chi connectivity index (χ1v) is 4.84. The van der Waals surface area contributed by atoms with Crippen molar-refractivity contribution in [3.05, 3.63) is 23.8 Å². The van der Waals surface area contributed by atoms with Crippen LogP contribution >= 0.6 is 0 Å². The minimum atomic E-state index is -0.644. The van der Waals surface area contributed by atoms with Crippen molar-refractivity contribution in [1.29, 1.82) is 0 Å². The first-order valence-electron chi connectivity index (χ1n) is 4.84. The highest BCUT2D eigenvalue weighted by atomic mass is 16.5. The van der Waals surface area contributed by atoms with Gasteiger partial charge in [-0.05, 0) is 24.1 Å². The lowest BCUT2D eigenvalue weighted by atomic mass is 10.1. The molecule has 16 heavy (non-hydrogen) atoms. The maximum Gasteiger partial charge on any atom is 0.322 e. The van der Waals surface area contributed by atoms with Gasteiger partial charge in [0.05, 0.1) is 12.6 Å². The molecular weight excluding hydrogens is 208 g/mol. The number of nitrogens with zero attached hydrogens (tertiary/aromatic N) is 2. The number of carbonyl (C=O) groups is 1. The highest BCUT2D eigenvalue weighted by Crippen LogP contribution is 2.12. The number of rotatable bonds is 3. The molecule has 1 aromatic heterocycles. The Kier molecular flexibility index (Phi) is 2.82. The van der Waals surface area contributed by atoms with Gasteiger partial charge in [-0.1, -0.05) is 11.3 Å². The number of hydrogen-bond donors (Lipinski definition) is 2. The Hall–Kier alpha value is -1.95. The SMILES string of the molecule is COC(=O)[C@H](N)Cc1ccc2[nH]nnc2c1. The zero-order valence-corrected chi connectivity index (χ0v) is 8.80. The van der Waals surface area contributed by atoms with E-state index in [-0.39, 0.29) is 0 Å². The molecule has 0 aliphatic carbocycles. The normalized spacial score (nSPS) is 12.6. The third kappa shape index (κ3) is 2.01. The first-order chi connectivity index (χ1) is 7.70. The maximum absolute atomic E-state index is 11.1. The van der Waals surface area contributed by atoms with Gasteiger partial charge in [-0.3, -0.25) is 9.89 Å². The topological polar surface area (TPSA) is 93.9 Å². The van der Waals surface area contributed by atoms with Gasteiger partial charge in [-0.15, -0.1) is 5.10 Å². The first kappa shape index (κ1) is 10.6. The molecule has 0 saturated carbocycles. The summed E-state index contributed by atoms with van der Waals surface area (Å²) in [6, 6.07) is 4.94. The molecule has 0 spiro atoms. The number of nitrogens with one attached hydrogen (secondary N) is 1. The standard InChI is InChI=1S/C10H12N4O2/c1-16-10(15)7(11)4-6-2-3-8-9(5-6)13-14-12-8/h2-3,5,7H,4,11H2,1H3,(H,12,13,14)/t7-/m1/s1. The van der Waals surface area contributed by atoms with Crippen molar-refractivity contribution < 1.29 is 9.53 Å². The predicted molar refractivity (Wildman–Crippen MR) is 57.6 cm³/mol. The number of methoxy groups -OCH3 is 1. The average molecular weight is 220 g/mol. The second-order valence-electron chi connectivity index (χ2n) is 3.50. The number of nitrogens with two attached hydrogens (primary N) is 1. The summed E-state index contributed by atoms with van der Waals surface area (Å²) in [5, 5.41) is 10.3. The molecule has 1 atom stereocenters. The molecule has 84 valence electrons. The lowest BCUT2D eigenvalue weighted by molar-refractivity contribution is -0.142. The molecule has 3 N–H and O–H groups in total. The van der Waals surface area contributed by atoms with Gasteiger partial charge in [0.1, 0.15) is 11.6 Å². The van der Waals surface area contributed by atoms with Crippen LogP contribution < -0.4 is 5.73 Å². The van der Waals surface area contributed by atoms with Crippen molar-refractivity contribution in [1.82, 2.24) is 15.4 Å². The molecular formula is C10H12N4O2. The van der Waals surface area contributed by atoms with Gasteiger partial charge >= 0.3 is 5.97 Å². The monoisotopic (exact) mass is 220 g/mol. The van der Waals surface area contributed by atoms with E-state index in [4.69, 9.17) is 5.73 Å². The Morgan fingerprint density at radius 3 is 3.19 bits per heavy atom. The van der Waals surface area contributed by atoms with Gasteiger partial charge in [0.25, 0.3) is 0 Å². The molecule has 2 aromatic rings. The van der Waals surface area contributed by atoms with E-state index in [9.17, 15) is 4.79 Å². The molecule has 6 heteroatoms. The quantitative estimate of drug-likeness (QED) is 0.710. The Bertz CT molecular complexity index is 508. The van der Waals surface area contributed by atoms with Crippen LogP contribution in [0.25, 0.3) is 11.0 Å². The summed E-state index contributed by atoms with van der Waals surface area (Å²) in [6.45, 7) is 0. The molecule has 0 bridgehead atoms. The molecule has 0 saturated heterocycles. The summed E-state index contributed by atoms with van der Waals surface area (Å²) in [4.78, 5) is 11.1.